The van der Waals surface area contributed by atoms with Gasteiger partial charge in [0.05, 0.1) is 12.8 Å². The molecule has 188 valence electrons. The van der Waals surface area contributed by atoms with Gasteiger partial charge in [0.25, 0.3) is 0 Å². The third kappa shape index (κ3) is 6.93. The van der Waals surface area contributed by atoms with E-state index in [-0.39, 0.29) is 11.7 Å². The zero-order chi connectivity index (χ0) is 25.8. The molecule has 0 bridgehead atoms. The molecule has 4 aromatic rings. The van der Waals surface area contributed by atoms with Crippen LogP contribution in [0.4, 0.5) is 0 Å². The number of rotatable bonds is 4. The number of hydrogen-bond donors (Lipinski definition) is 3. The zero-order valence-electron chi connectivity index (χ0n) is 20.7. The average molecular weight is 489 g/mol. The number of carbonyl (C=O) groups excluding carboxylic acids is 1. The Labute approximate surface area is 211 Å². The summed E-state index contributed by atoms with van der Waals surface area (Å²) < 4.78 is 10.5. The first kappa shape index (κ1) is 26.4. The lowest BCUT2D eigenvalue weighted by atomic mass is 10.0. The Morgan fingerprint density at radius 2 is 1.75 bits per heavy atom. The van der Waals surface area contributed by atoms with Gasteiger partial charge in [-0.3, -0.25) is 4.79 Å². The Morgan fingerprint density at radius 3 is 2.31 bits per heavy atom. The summed E-state index contributed by atoms with van der Waals surface area (Å²) in [6, 6.07) is 16.9. The Kier molecular flexibility index (Phi) is 10.0. The molecule has 0 unspecified atom stereocenters. The molecular weight excluding hydrogens is 456 g/mol. The van der Waals surface area contributed by atoms with Gasteiger partial charge >= 0.3 is 0 Å². The lowest BCUT2D eigenvalue weighted by molar-refractivity contribution is -0.116. The molecule has 5 rings (SSSR count). The molecule has 0 spiro atoms. The number of para-hydroxylation sites is 2. The number of benzene rings is 2. The van der Waals surface area contributed by atoms with Gasteiger partial charge in [-0.2, -0.15) is 0 Å². The number of aromatic amines is 1. The molecule has 3 N–H and O–H groups in total. The third-order valence-electron chi connectivity index (χ3n) is 5.52. The molecule has 8 nitrogen and oxygen atoms in total. The molecular formula is C28H32N4O4. The van der Waals surface area contributed by atoms with E-state index < -0.39 is 0 Å². The van der Waals surface area contributed by atoms with E-state index in [9.17, 15) is 9.90 Å². The summed E-state index contributed by atoms with van der Waals surface area (Å²) in [5, 5.41) is 21.8. The second kappa shape index (κ2) is 13.7. The number of fused-ring (bicyclic) bond motifs is 1. The van der Waals surface area contributed by atoms with Crippen molar-refractivity contribution < 1.29 is 19.4 Å². The standard InChI is InChI=1S/C19H15N3O2.C5H10O.C4H7NO/c1-24-18-9-5-3-6-12(18)15-11-20-19-14(15)10-16(21-22-19)13-7-2-4-8-17(13)23;1-2-4-6-5-3-1;1-3-4(6)5-2/h2-11,23H,1H3,(H,20,22);1-5H2;3H,1H2,2H3,(H,5,6). The van der Waals surface area contributed by atoms with Crippen molar-refractivity contribution in [1.29, 1.82) is 0 Å². The van der Waals surface area contributed by atoms with Crippen LogP contribution in [0.5, 0.6) is 11.5 Å². The predicted molar refractivity (Wildman–Crippen MR) is 142 cm³/mol. The number of carbonyl (C=O) groups is 1. The molecule has 3 heterocycles. The average Bonchev–Trinajstić information content (AvgIpc) is 3.37. The highest BCUT2D eigenvalue weighted by Gasteiger charge is 2.14. The van der Waals surface area contributed by atoms with Crippen molar-refractivity contribution in [3.05, 3.63) is 73.4 Å². The minimum atomic E-state index is -0.144. The van der Waals surface area contributed by atoms with E-state index in [1.54, 1.807) is 26.3 Å². The lowest BCUT2D eigenvalue weighted by Crippen LogP contribution is -2.13. The van der Waals surface area contributed by atoms with Gasteiger partial charge < -0.3 is 24.9 Å². The van der Waals surface area contributed by atoms with Crippen LogP contribution in [0.25, 0.3) is 33.4 Å². The highest BCUT2D eigenvalue weighted by Crippen LogP contribution is 2.36. The van der Waals surface area contributed by atoms with E-state index in [0.717, 1.165) is 35.5 Å². The fraction of sp³-hybridized carbons (Fsp3) is 0.250. The molecule has 8 heteroatoms. The number of likely N-dealkylation sites (N-methyl/N-ethyl adjacent to an activating group) is 1. The summed E-state index contributed by atoms with van der Waals surface area (Å²) in [6.45, 7) is 5.22. The fourth-order valence-corrected chi connectivity index (χ4v) is 3.62. The first-order valence-corrected chi connectivity index (χ1v) is 11.8. The van der Waals surface area contributed by atoms with Crippen LogP contribution >= 0.6 is 0 Å². The third-order valence-corrected chi connectivity index (χ3v) is 5.52. The van der Waals surface area contributed by atoms with Crippen molar-refractivity contribution in [1.82, 2.24) is 20.5 Å². The Hall–Kier alpha value is -4.17. The highest BCUT2D eigenvalue weighted by molar-refractivity contribution is 5.96. The Balaban J connectivity index is 0.000000249. The van der Waals surface area contributed by atoms with Gasteiger partial charge in [-0.15, -0.1) is 10.2 Å². The van der Waals surface area contributed by atoms with Crippen LogP contribution in [-0.2, 0) is 9.53 Å². The number of H-pyrrole nitrogens is 1. The predicted octanol–water partition coefficient (Wildman–Crippen LogP) is 5.11. The maximum atomic E-state index is 10.1. The van der Waals surface area contributed by atoms with Gasteiger partial charge in [0.15, 0.2) is 5.65 Å². The number of ether oxygens (including phenoxy) is 2. The number of phenols is 1. The van der Waals surface area contributed by atoms with Crippen molar-refractivity contribution in [2.75, 3.05) is 27.4 Å². The van der Waals surface area contributed by atoms with E-state index >= 15 is 0 Å². The summed E-state index contributed by atoms with van der Waals surface area (Å²) in [4.78, 5) is 13.1. The number of hydrogen-bond acceptors (Lipinski definition) is 6. The number of aromatic nitrogens is 3. The maximum absolute atomic E-state index is 10.1. The molecule has 2 aromatic heterocycles. The number of nitrogens with one attached hydrogen (secondary N) is 2. The molecule has 36 heavy (non-hydrogen) atoms. The quantitative estimate of drug-likeness (QED) is 0.344. The van der Waals surface area contributed by atoms with Crippen molar-refractivity contribution >= 4 is 16.9 Å². The molecule has 2 aromatic carbocycles. The van der Waals surface area contributed by atoms with Crippen molar-refractivity contribution in [2.45, 2.75) is 19.3 Å². The summed E-state index contributed by atoms with van der Waals surface area (Å²) in [6.07, 6.45) is 7.05. The molecule has 0 saturated carbocycles. The Bertz CT molecular complexity index is 1270. The van der Waals surface area contributed by atoms with Crippen molar-refractivity contribution in [3.63, 3.8) is 0 Å². The first-order valence-electron chi connectivity index (χ1n) is 11.8. The molecule has 0 atom stereocenters. The summed E-state index contributed by atoms with van der Waals surface area (Å²) in [7, 11) is 3.21. The summed E-state index contributed by atoms with van der Waals surface area (Å²) in [5.41, 5.74) is 3.92. The van der Waals surface area contributed by atoms with Crippen molar-refractivity contribution in [3.8, 4) is 33.9 Å². The maximum Gasteiger partial charge on any atom is 0.243 e. The second-order valence-electron chi connectivity index (χ2n) is 7.90. The number of nitrogens with zero attached hydrogens (tertiary/aromatic N) is 2. The number of aromatic hydroxyl groups is 1. The number of phenolic OH excluding ortho intramolecular Hbond substituents is 1. The largest absolute Gasteiger partial charge is 0.507 e. The smallest absolute Gasteiger partial charge is 0.243 e. The molecule has 1 fully saturated rings. The van der Waals surface area contributed by atoms with Gasteiger partial charge in [0.1, 0.15) is 11.5 Å². The van der Waals surface area contributed by atoms with Gasteiger partial charge in [-0.1, -0.05) is 36.9 Å². The van der Waals surface area contributed by atoms with E-state index in [4.69, 9.17) is 9.47 Å². The van der Waals surface area contributed by atoms with E-state index in [2.05, 4.69) is 27.1 Å². The van der Waals surface area contributed by atoms with Gasteiger partial charge in [-0.05, 0) is 49.6 Å². The van der Waals surface area contributed by atoms with E-state index in [1.807, 2.05) is 48.7 Å². The van der Waals surface area contributed by atoms with E-state index in [1.165, 1.54) is 25.3 Å². The van der Waals surface area contributed by atoms with Gasteiger partial charge in [0.2, 0.25) is 5.91 Å². The van der Waals surface area contributed by atoms with Crippen LogP contribution in [0.3, 0.4) is 0 Å². The lowest BCUT2D eigenvalue weighted by Gasteiger charge is -2.08. The molecule has 1 aliphatic heterocycles. The summed E-state index contributed by atoms with van der Waals surface area (Å²) >= 11 is 0. The molecule has 0 aliphatic carbocycles. The topological polar surface area (TPSA) is 109 Å². The minimum Gasteiger partial charge on any atom is -0.507 e. The minimum absolute atomic E-state index is 0.144. The zero-order valence-corrected chi connectivity index (χ0v) is 20.7. The van der Waals surface area contributed by atoms with Gasteiger partial charge in [0, 0.05) is 48.5 Å². The summed E-state index contributed by atoms with van der Waals surface area (Å²) in [5.74, 6) is 0.829. The van der Waals surface area contributed by atoms with Crippen LogP contribution in [0.2, 0.25) is 0 Å². The van der Waals surface area contributed by atoms with Crippen LogP contribution in [0, 0.1) is 0 Å². The number of amides is 1. The van der Waals surface area contributed by atoms with Crippen molar-refractivity contribution in [2.24, 2.45) is 0 Å². The van der Waals surface area contributed by atoms with E-state index in [0.29, 0.717) is 16.9 Å². The fourth-order valence-electron chi connectivity index (χ4n) is 3.62. The van der Waals surface area contributed by atoms with Crippen LogP contribution in [-0.4, -0.2) is 53.6 Å². The van der Waals surface area contributed by atoms with Crippen LogP contribution in [0.15, 0.2) is 73.4 Å². The van der Waals surface area contributed by atoms with Crippen LogP contribution in [0.1, 0.15) is 19.3 Å². The SMILES string of the molecule is C1CCOCC1.C=CC(=O)NC.COc1ccccc1-c1c[nH]c2nnc(-c3ccccc3O)cc12. The Morgan fingerprint density at radius 1 is 1.06 bits per heavy atom. The molecule has 1 amide bonds. The first-order chi connectivity index (χ1) is 17.6. The number of methoxy groups -OCH3 is 1. The van der Waals surface area contributed by atoms with Crippen LogP contribution < -0.4 is 10.1 Å². The molecule has 1 aliphatic rings. The normalized spacial score (nSPS) is 12.4. The molecule has 0 radical (unpaired) electrons. The monoisotopic (exact) mass is 488 g/mol. The highest BCUT2D eigenvalue weighted by atomic mass is 16.5. The molecule has 1 saturated heterocycles. The van der Waals surface area contributed by atoms with Gasteiger partial charge in [-0.25, -0.2) is 0 Å². The second-order valence-corrected chi connectivity index (χ2v) is 7.90.